The zero-order chi connectivity index (χ0) is 23.0. The summed E-state index contributed by atoms with van der Waals surface area (Å²) < 4.78 is 0. The number of nitro benzene ring substituents is 2. The number of nitrogens with zero attached hydrogens (tertiary/aromatic N) is 3. The van der Waals surface area contributed by atoms with Gasteiger partial charge in [-0.2, -0.15) is 0 Å². The van der Waals surface area contributed by atoms with Gasteiger partial charge in [0.15, 0.2) is 0 Å². The third-order valence-electron chi connectivity index (χ3n) is 4.82. The Balaban J connectivity index is 1.57. The average molecular weight is 432 g/mol. The van der Waals surface area contributed by atoms with Crippen LogP contribution in [-0.4, -0.2) is 27.6 Å². The summed E-state index contributed by atoms with van der Waals surface area (Å²) >= 11 is 0. The number of non-ortho nitro benzene ring substituents is 1. The highest BCUT2D eigenvalue weighted by Crippen LogP contribution is 2.31. The molecule has 0 bridgehead atoms. The van der Waals surface area contributed by atoms with Gasteiger partial charge in [0.2, 0.25) is 0 Å². The predicted octanol–water partition coefficient (Wildman–Crippen LogP) is 3.56. The van der Waals surface area contributed by atoms with E-state index in [1.807, 2.05) is 0 Å². The van der Waals surface area contributed by atoms with E-state index in [9.17, 15) is 34.6 Å². The van der Waals surface area contributed by atoms with Crippen LogP contribution in [0.2, 0.25) is 0 Å². The maximum atomic E-state index is 12.7. The van der Waals surface area contributed by atoms with E-state index in [1.165, 1.54) is 54.6 Å². The van der Waals surface area contributed by atoms with Crippen LogP contribution in [0, 0.1) is 20.2 Å². The lowest BCUT2D eigenvalue weighted by Crippen LogP contribution is -2.29. The molecule has 0 saturated carbocycles. The highest BCUT2D eigenvalue weighted by atomic mass is 16.6. The lowest BCUT2D eigenvalue weighted by molar-refractivity contribution is -0.384. The number of nitro groups is 2. The molecule has 11 heteroatoms. The molecular formula is C21H12N4O7. The van der Waals surface area contributed by atoms with E-state index < -0.39 is 27.6 Å². The summed E-state index contributed by atoms with van der Waals surface area (Å²) in [5.74, 6) is -1.98. The van der Waals surface area contributed by atoms with Gasteiger partial charge in [-0.05, 0) is 36.4 Å². The fraction of sp³-hybridized carbons (Fsp3) is 0. The third-order valence-corrected chi connectivity index (χ3v) is 4.82. The summed E-state index contributed by atoms with van der Waals surface area (Å²) in [6.45, 7) is 0. The SMILES string of the molecule is O=C(Nc1ccccc1[N+](=O)[O-])c1ccc(N2C(=O)c3ccc([N+](=O)[O-])cc3C2=O)cc1. The molecule has 3 aromatic rings. The summed E-state index contributed by atoms with van der Waals surface area (Å²) in [5.41, 5.74) is -0.290. The van der Waals surface area contributed by atoms with Gasteiger partial charge in [0.05, 0.1) is 26.7 Å². The van der Waals surface area contributed by atoms with E-state index in [2.05, 4.69) is 5.32 Å². The Bertz CT molecular complexity index is 1320. The number of fused-ring (bicyclic) bond motifs is 1. The van der Waals surface area contributed by atoms with Crippen molar-refractivity contribution < 1.29 is 24.2 Å². The number of imide groups is 1. The van der Waals surface area contributed by atoms with Crippen LogP contribution in [0.25, 0.3) is 0 Å². The van der Waals surface area contributed by atoms with Crippen LogP contribution in [0.15, 0.2) is 66.7 Å². The van der Waals surface area contributed by atoms with E-state index in [4.69, 9.17) is 0 Å². The summed E-state index contributed by atoms with van der Waals surface area (Å²) in [6.07, 6.45) is 0. The molecule has 1 aliphatic heterocycles. The first-order valence-electron chi connectivity index (χ1n) is 9.10. The molecule has 0 aromatic heterocycles. The van der Waals surface area contributed by atoms with Gasteiger partial charge in [0.25, 0.3) is 29.1 Å². The normalized spacial score (nSPS) is 12.4. The molecule has 3 aromatic carbocycles. The molecule has 3 amide bonds. The number of nitrogens with one attached hydrogen (secondary N) is 1. The molecule has 0 saturated heterocycles. The molecule has 4 rings (SSSR count). The van der Waals surface area contributed by atoms with Gasteiger partial charge in [-0.1, -0.05) is 12.1 Å². The molecule has 0 unspecified atom stereocenters. The molecule has 0 spiro atoms. The lowest BCUT2D eigenvalue weighted by atomic mass is 10.1. The number of benzene rings is 3. The molecule has 1 aliphatic rings. The number of carbonyl (C=O) groups is 3. The summed E-state index contributed by atoms with van der Waals surface area (Å²) in [4.78, 5) is 59.4. The number of para-hydroxylation sites is 2. The number of rotatable bonds is 5. The zero-order valence-electron chi connectivity index (χ0n) is 16.1. The fourth-order valence-corrected chi connectivity index (χ4v) is 3.27. The quantitative estimate of drug-likeness (QED) is 0.367. The monoisotopic (exact) mass is 432 g/mol. The molecule has 158 valence electrons. The minimum absolute atomic E-state index is 0.0218. The van der Waals surface area contributed by atoms with Crippen LogP contribution in [0.4, 0.5) is 22.7 Å². The second kappa shape index (κ2) is 7.72. The van der Waals surface area contributed by atoms with Crippen molar-refractivity contribution in [3.05, 3.63) is 104 Å². The van der Waals surface area contributed by atoms with E-state index in [1.54, 1.807) is 0 Å². The van der Waals surface area contributed by atoms with Crippen LogP contribution in [0.3, 0.4) is 0 Å². The number of hydrogen-bond donors (Lipinski definition) is 1. The van der Waals surface area contributed by atoms with Gasteiger partial charge >= 0.3 is 0 Å². The van der Waals surface area contributed by atoms with Crippen LogP contribution in [0.5, 0.6) is 0 Å². The summed E-state index contributed by atoms with van der Waals surface area (Å²) in [7, 11) is 0. The van der Waals surface area contributed by atoms with Crippen molar-refractivity contribution in [2.75, 3.05) is 10.2 Å². The van der Waals surface area contributed by atoms with Crippen molar-refractivity contribution in [2.45, 2.75) is 0 Å². The minimum Gasteiger partial charge on any atom is -0.316 e. The Labute approximate surface area is 179 Å². The first kappa shape index (κ1) is 20.3. The van der Waals surface area contributed by atoms with Gasteiger partial charge in [0.1, 0.15) is 5.69 Å². The first-order chi connectivity index (χ1) is 15.3. The van der Waals surface area contributed by atoms with Crippen molar-refractivity contribution >= 4 is 40.5 Å². The second-order valence-electron chi connectivity index (χ2n) is 6.71. The second-order valence-corrected chi connectivity index (χ2v) is 6.71. The van der Waals surface area contributed by atoms with Gasteiger partial charge < -0.3 is 5.32 Å². The van der Waals surface area contributed by atoms with E-state index in [0.717, 1.165) is 17.0 Å². The number of carbonyl (C=O) groups excluding carboxylic acids is 3. The molecule has 0 aliphatic carbocycles. The van der Waals surface area contributed by atoms with Crippen molar-refractivity contribution in [3.8, 4) is 0 Å². The Morgan fingerprint density at radius 3 is 2.12 bits per heavy atom. The Kier molecular flexibility index (Phi) is 4.91. The topological polar surface area (TPSA) is 153 Å². The maximum absolute atomic E-state index is 12.7. The van der Waals surface area contributed by atoms with Crippen molar-refractivity contribution in [2.24, 2.45) is 0 Å². The highest BCUT2D eigenvalue weighted by Gasteiger charge is 2.37. The van der Waals surface area contributed by atoms with Gasteiger partial charge in [-0.25, -0.2) is 4.90 Å². The molecule has 0 atom stereocenters. The van der Waals surface area contributed by atoms with Gasteiger partial charge in [-0.3, -0.25) is 34.6 Å². The van der Waals surface area contributed by atoms with Crippen LogP contribution in [-0.2, 0) is 0 Å². The number of anilines is 2. The van der Waals surface area contributed by atoms with Crippen LogP contribution in [0.1, 0.15) is 31.1 Å². The molecule has 0 fully saturated rings. The summed E-state index contributed by atoms with van der Waals surface area (Å²) in [6, 6.07) is 14.5. The van der Waals surface area contributed by atoms with E-state index in [0.29, 0.717) is 0 Å². The highest BCUT2D eigenvalue weighted by molar-refractivity contribution is 6.34. The van der Waals surface area contributed by atoms with E-state index >= 15 is 0 Å². The maximum Gasteiger partial charge on any atom is 0.292 e. The van der Waals surface area contributed by atoms with Crippen LogP contribution >= 0.6 is 0 Å². The van der Waals surface area contributed by atoms with Crippen molar-refractivity contribution in [3.63, 3.8) is 0 Å². The van der Waals surface area contributed by atoms with E-state index in [-0.39, 0.29) is 39.4 Å². The number of amides is 3. The number of hydrogen-bond acceptors (Lipinski definition) is 7. The van der Waals surface area contributed by atoms with Gasteiger partial charge in [-0.15, -0.1) is 0 Å². The van der Waals surface area contributed by atoms with Crippen molar-refractivity contribution in [1.82, 2.24) is 0 Å². The minimum atomic E-state index is -0.717. The Hall–Kier alpha value is -4.93. The molecule has 32 heavy (non-hydrogen) atoms. The molecular weight excluding hydrogens is 420 g/mol. The smallest absolute Gasteiger partial charge is 0.292 e. The third kappa shape index (κ3) is 3.43. The fourth-order valence-electron chi connectivity index (χ4n) is 3.27. The first-order valence-corrected chi connectivity index (χ1v) is 9.10. The van der Waals surface area contributed by atoms with Gasteiger partial charge in [0, 0.05) is 23.8 Å². The Morgan fingerprint density at radius 2 is 1.47 bits per heavy atom. The Morgan fingerprint density at radius 1 is 0.812 bits per heavy atom. The lowest BCUT2D eigenvalue weighted by Gasteiger charge is -2.14. The molecule has 1 heterocycles. The largest absolute Gasteiger partial charge is 0.316 e. The zero-order valence-corrected chi connectivity index (χ0v) is 16.1. The molecule has 1 N–H and O–H groups in total. The van der Waals surface area contributed by atoms with Crippen LogP contribution < -0.4 is 10.2 Å². The predicted molar refractivity (Wildman–Crippen MR) is 112 cm³/mol. The summed E-state index contributed by atoms with van der Waals surface area (Å²) in [5, 5.41) is 24.5. The standard InChI is InChI=1S/C21H12N4O7/c26-19(22-17-3-1-2-4-18(17)25(31)32)12-5-7-13(8-6-12)23-20(27)15-10-9-14(24(29)30)11-16(15)21(23)28/h1-11H,(H,22,26). The average Bonchev–Trinajstić information content (AvgIpc) is 3.03. The molecule has 11 nitrogen and oxygen atoms in total. The van der Waals surface area contributed by atoms with Crippen molar-refractivity contribution in [1.29, 1.82) is 0 Å². The molecule has 0 radical (unpaired) electrons.